The first kappa shape index (κ1) is 22.4. The highest BCUT2D eigenvalue weighted by Gasteiger charge is 2.20. The van der Waals surface area contributed by atoms with Crippen molar-refractivity contribution in [2.75, 3.05) is 26.6 Å². The smallest absolute Gasteiger partial charge is 0.411 e. The van der Waals surface area contributed by atoms with Gasteiger partial charge in [-0.25, -0.2) is 9.59 Å². The molecule has 0 radical (unpaired) electrons. The van der Waals surface area contributed by atoms with Crippen LogP contribution in [-0.2, 0) is 16.0 Å². The van der Waals surface area contributed by atoms with Crippen molar-refractivity contribution in [2.24, 2.45) is 0 Å². The summed E-state index contributed by atoms with van der Waals surface area (Å²) < 4.78 is 23.0. The number of aromatic nitrogens is 2. The highest BCUT2D eigenvalue weighted by molar-refractivity contribution is 5.92. The standard InChI is InChI=1S/C24H27N3O6/c1-30-21-12-15(23(28)32-3)8-9-16(21)14-27-20-13-17(10-11-19(20)22(26-27)31-2)25-24(29)33-18-6-4-5-7-18/h8-13,18H,4-7,14H2,1-3H3,(H,25,29). The van der Waals surface area contributed by atoms with E-state index in [1.165, 1.54) is 7.11 Å². The summed E-state index contributed by atoms with van der Waals surface area (Å²) in [4.78, 5) is 24.1. The van der Waals surface area contributed by atoms with Crippen LogP contribution in [-0.4, -0.2) is 49.3 Å². The Morgan fingerprint density at radius 2 is 1.85 bits per heavy atom. The van der Waals surface area contributed by atoms with Gasteiger partial charge in [-0.15, -0.1) is 5.10 Å². The maximum Gasteiger partial charge on any atom is 0.411 e. The van der Waals surface area contributed by atoms with Gasteiger partial charge in [0.25, 0.3) is 0 Å². The highest BCUT2D eigenvalue weighted by Crippen LogP contribution is 2.30. The van der Waals surface area contributed by atoms with E-state index in [4.69, 9.17) is 18.9 Å². The van der Waals surface area contributed by atoms with Crippen molar-refractivity contribution in [1.29, 1.82) is 0 Å². The van der Waals surface area contributed by atoms with Gasteiger partial charge in [0.2, 0.25) is 5.88 Å². The van der Waals surface area contributed by atoms with Crippen LogP contribution in [0.25, 0.3) is 10.9 Å². The van der Waals surface area contributed by atoms with Crippen LogP contribution < -0.4 is 14.8 Å². The summed E-state index contributed by atoms with van der Waals surface area (Å²) in [5.74, 6) is 0.566. The summed E-state index contributed by atoms with van der Waals surface area (Å²) in [6.07, 6.45) is 3.53. The van der Waals surface area contributed by atoms with Crippen molar-refractivity contribution in [1.82, 2.24) is 9.78 Å². The molecule has 1 amide bonds. The van der Waals surface area contributed by atoms with Crippen LogP contribution >= 0.6 is 0 Å². The van der Waals surface area contributed by atoms with E-state index >= 15 is 0 Å². The Hall–Kier alpha value is -3.75. The molecule has 2 aromatic carbocycles. The Morgan fingerprint density at radius 1 is 1.06 bits per heavy atom. The molecule has 1 aliphatic carbocycles. The van der Waals surface area contributed by atoms with Gasteiger partial charge in [-0.2, -0.15) is 0 Å². The van der Waals surface area contributed by atoms with E-state index in [9.17, 15) is 9.59 Å². The second kappa shape index (κ2) is 9.81. The molecular weight excluding hydrogens is 426 g/mol. The first-order chi connectivity index (χ1) is 16.0. The maximum absolute atomic E-state index is 12.3. The Kier molecular flexibility index (Phi) is 6.67. The van der Waals surface area contributed by atoms with Crippen molar-refractivity contribution in [3.8, 4) is 11.6 Å². The molecule has 174 valence electrons. The number of methoxy groups -OCH3 is 3. The van der Waals surface area contributed by atoms with Crippen LogP contribution in [0, 0.1) is 0 Å². The maximum atomic E-state index is 12.3. The molecule has 1 heterocycles. The van der Waals surface area contributed by atoms with Crippen LogP contribution in [0.2, 0.25) is 0 Å². The number of amides is 1. The van der Waals surface area contributed by atoms with Gasteiger partial charge >= 0.3 is 12.1 Å². The number of benzene rings is 2. The van der Waals surface area contributed by atoms with Gasteiger partial charge in [0.1, 0.15) is 11.9 Å². The topological polar surface area (TPSA) is 101 Å². The van der Waals surface area contributed by atoms with Crippen LogP contribution in [0.15, 0.2) is 36.4 Å². The van der Waals surface area contributed by atoms with Gasteiger partial charge in [0.05, 0.1) is 44.3 Å². The lowest BCUT2D eigenvalue weighted by Gasteiger charge is -2.13. The third-order valence-corrected chi connectivity index (χ3v) is 5.76. The Morgan fingerprint density at radius 3 is 2.55 bits per heavy atom. The van der Waals surface area contributed by atoms with Crippen molar-refractivity contribution >= 4 is 28.7 Å². The summed E-state index contributed by atoms with van der Waals surface area (Å²) >= 11 is 0. The number of nitrogens with zero attached hydrogens (tertiary/aromatic N) is 2. The molecule has 0 unspecified atom stereocenters. The first-order valence-electron chi connectivity index (χ1n) is 10.8. The van der Waals surface area contributed by atoms with Crippen molar-refractivity contribution in [2.45, 2.75) is 38.3 Å². The van der Waals surface area contributed by atoms with E-state index in [2.05, 4.69) is 10.4 Å². The van der Waals surface area contributed by atoms with Crippen molar-refractivity contribution in [3.05, 3.63) is 47.5 Å². The summed E-state index contributed by atoms with van der Waals surface area (Å²) in [6.45, 7) is 0.362. The van der Waals surface area contributed by atoms with Gasteiger partial charge in [-0.05, 0) is 56.0 Å². The number of hydrogen-bond donors (Lipinski definition) is 1. The number of esters is 1. The summed E-state index contributed by atoms with van der Waals surface area (Å²) in [5.41, 5.74) is 2.58. The molecule has 1 N–H and O–H groups in total. The lowest BCUT2D eigenvalue weighted by molar-refractivity contribution is 0.0600. The van der Waals surface area contributed by atoms with Gasteiger partial charge in [0, 0.05) is 11.3 Å². The third kappa shape index (κ3) is 4.87. The molecule has 3 aromatic rings. The molecule has 0 aliphatic heterocycles. The minimum absolute atomic E-state index is 0.0141. The number of rotatable bonds is 7. The number of nitrogens with one attached hydrogen (secondary N) is 1. The molecule has 0 saturated heterocycles. The number of carbonyl (C=O) groups excluding carboxylic acids is 2. The van der Waals surface area contributed by atoms with Crippen molar-refractivity contribution < 1.29 is 28.5 Å². The molecule has 1 saturated carbocycles. The molecular formula is C24H27N3O6. The molecule has 33 heavy (non-hydrogen) atoms. The zero-order valence-corrected chi connectivity index (χ0v) is 18.9. The van der Waals surface area contributed by atoms with E-state index in [1.54, 1.807) is 43.2 Å². The number of hydrogen-bond acceptors (Lipinski definition) is 7. The Balaban J connectivity index is 1.61. The largest absolute Gasteiger partial charge is 0.496 e. The van der Waals surface area contributed by atoms with Crippen molar-refractivity contribution in [3.63, 3.8) is 0 Å². The third-order valence-electron chi connectivity index (χ3n) is 5.76. The monoisotopic (exact) mass is 453 g/mol. The predicted octanol–water partition coefficient (Wildman–Crippen LogP) is 4.38. The fourth-order valence-electron chi connectivity index (χ4n) is 4.08. The van der Waals surface area contributed by atoms with Crippen LogP contribution in [0.5, 0.6) is 11.6 Å². The average molecular weight is 453 g/mol. The summed E-state index contributed by atoms with van der Waals surface area (Å²) in [7, 11) is 4.43. The molecule has 0 bridgehead atoms. The van der Waals surface area contributed by atoms with Gasteiger partial charge in [-0.1, -0.05) is 6.07 Å². The lowest BCUT2D eigenvalue weighted by Crippen LogP contribution is -2.20. The number of ether oxygens (including phenoxy) is 4. The molecule has 4 rings (SSSR count). The van der Waals surface area contributed by atoms with Gasteiger partial charge < -0.3 is 18.9 Å². The predicted molar refractivity (Wildman–Crippen MR) is 122 cm³/mol. The second-order valence-corrected chi connectivity index (χ2v) is 7.85. The molecule has 0 atom stereocenters. The number of fused-ring (bicyclic) bond motifs is 1. The Labute approximate surface area is 191 Å². The normalized spacial score (nSPS) is 13.7. The van der Waals surface area contributed by atoms with E-state index in [0.717, 1.165) is 42.1 Å². The van der Waals surface area contributed by atoms with E-state index < -0.39 is 12.1 Å². The molecule has 1 aliphatic rings. The Bertz CT molecular complexity index is 1170. The van der Waals surface area contributed by atoms with E-state index in [-0.39, 0.29) is 6.10 Å². The van der Waals surface area contributed by atoms with Crippen LogP contribution in [0.1, 0.15) is 41.6 Å². The molecule has 1 aromatic heterocycles. The molecule has 9 heteroatoms. The average Bonchev–Trinajstić information content (AvgIpc) is 3.46. The highest BCUT2D eigenvalue weighted by atomic mass is 16.6. The fraction of sp³-hybridized carbons (Fsp3) is 0.375. The fourth-order valence-corrected chi connectivity index (χ4v) is 4.08. The number of carbonyl (C=O) groups is 2. The zero-order chi connectivity index (χ0) is 23.4. The summed E-state index contributed by atoms with van der Waals surface area (Å²) in [6, 6.07) is 10.6. The second-order valence-electron chi connectivity index (χ2n) is 7.85. The minimum atomic E-state index is -0.459. The van der Waals surface area contributed by atoms with Gasteiger partial charge in [-0.3, -0.25) is 10.00 Å². The quantitative estimate of drug-likeness (QED) is 0.530. The summed E-state index contributed by atoms with van der Waals surface area (Å²) in [5, 5.41) is 8.17. The first-order valence-corrected chi connectivity index (χ1v) is 10.8. The van der Waals surface area contributed by atoms with E-state index in [1.807, 2.05) is 12.1 Å². The number of anilines is 1. The lowest BCUT2D eigenvalue weighted by atomic mass is 10.1. The van der Waals surface area contributed by atoms with E-state index in [0.29, 0.717) is 29.4 Å². The molecule has 1 fully saturated rings. The van der Waals surface area contributed by atoms with Gasteiger partial charge in [0.15, 0.2) is 0 Å². The minimum Gasteiger partial charge on any atom is -0.496 e. The zero-order valence-electron chi connectivity index (χ0n) is 18.9. The van der Waals surface area contributed by atoms with Crippen LogP contribution in [0.3, 0.4) is 0 Å². The SMILES string of the molecule is COC(=O)c1ccc(Cn2nc(OC)c3ccc(NC(=O)OC4CCCC4)cc32)c(OC)c1. The van der Waals surface area contributed by atoms with Crippen LogP contribution in [0.4, 0.5) is 10.5 Å². The molecule has 9 nitrogen and oxygen atoms in total. The molecule has 0 spiro atoms.